The van der Waals surface area contributed by atoms with Crippen LogP contribution in [0.25, 0.3) is 0 Å². The summed E-state index contributed by atoms with van der Waals surface area (Å²) in [5, 5.41) is 4.12. The first kappa shape index (κ1) is 14.5. The van der Waals surface area contributed by atoms with E-state index in [1.54, 1.807) is 12.1 Å². The van der Waals surface area contributed by atoms with Crippen LogP contribution in [0.5, 0.6) is 0 Å². The van der Waals surface area contributed by atoms with Gasteiger partial charge in [-0.25, -0.2) is 5.43 Å². The highest BCUT2D eigenvalue weighted by Crippen LogP contribution is 2.10. The van der Waals surface area contributed by atoms with E-state index in [1.165, 1.54) is 5.56 Å². The van der Waals surface area contributed by atoms with Gasteiger partial charge in [0.1, 0.15) is 0 Å². The Balaban J connectivity index is 1.94. The molecule has 2 aromatic rings. The lowest BCUT2D eigenvalue weighted by atomic mass is 10.1. The Morgan fingerprint density at radius 3 is 2.40 bits per heavy atom. The number of hydrogen-bond acceptors (Lipinski definition) is 2. The molecule has 0 aliphatic rings. The van der Waals surface area contributed by atoms with Crippen LogP contribution in [-0.4, -0.2) is 11.6 Å². The van der Waals surface area contributed by atoms with Crippen molar-refractivity contribution in [2.45, 2.75) is 13.3 Å². The van der Waals surface area contributed by atoms with E-state index in [2.05, 4.69) is 26.5 Å². The van der Waals surface area contributed by atoms with Crippen molar-refractivity contribution < 1.29 is 4.79 Å². The zero-order valence-electron chi connectivity index (χ0n) is 11.1. The minimum atomic E-state index is -0.204. The predicted octanol–water partition coefficient (Wildman–Crippen LogP) is 3.80. The average Bonchev–Trinajstić information content (AvgIpc) is 2.46. The van der Waals surface area contributed by atoms with E-state index in [0.717, 1.165) is 16.6 Å². The van der Waals surface area contributed by atoms with Gasteiger partial charge in [-0.05, 0) is 36.8 Å². The molecule has 0 bridgehead atoms. The fourth-order valence-corrected chi connectivity index (χ4v) is 2.01. The topological polar surface area (TPSA) is 41.5 Å². The minimum Gasteiger partial charge on any atom is -0.267 e. The number of hydrazone groups is 1. The number of rotatable bonds is 4. The van der Waals surface area contributed by atoms with Crippen LogP contribution >= 0.6 is 15.9 Å². The summed E-state index contributed by atoms with van der Waals surface area (Å²) in [4.78, 5) is 11.9. The number of nitrogens with zero attached hydrogens (tertiary/aromatic N) is 1. The molecule has 1 N–H and O–H groups in total. The van der Waals surface area contributed by atoms with Crippen molar-refractivity contribution in [1.29, 1.82) is 0 Å². The number of nitrogens with one attached hydrogen (secondary N) is 1. The molecule has 0 radical (unpaired) electrons. The van der Waals surface area contributed by atoms with Crippen LogP contribution in [0.3, 0.4) is 0 Å². The highest BCUT2D eigenvalue weighted by molar-refractivity contribution is 9.10. The maximum Gasteiger partial charge on any atom is 0.271 e. The third-order valence-electron chi connectivity index (χ3n) is 2.76. The van der Waals surface area contributed by atoms with E-state index in [9.17, 15) is 4.79 Å². The number of carbonyl (C=O) groups excluding carboxylic acids is 1. The molecule has 0 aromatic heterocycles. The number of halogens is 1. The van der Waals surface area contributed by atoms with Gasteiger partial charge in [0, 0.05) is 22.2 Å². The van der Waals surface area contributed by atoms with Crippen LogP contribution in [0.1, 0.15) is 22.8 Å². The Hall–Kier alpha value is -1.94. The molecule has 4 heteroatoms. The van der Waals surface area contributed by atoms with Crippen molar-refractivity contribution >= 4 is 27.5 Å². The summed E-state index contributed by atoms with van der Waals surface area (Å²) in [6, 6.07) is 17.2. The summed E-state index contributed by atoms with van der Waals surface area (Å²) < 4.78 is 0.942. The number of hydrogen-bond donors (Lipinski definition) is 1. The third-order valence-corrected chi connectivity index (χ3v) is 3.29. The first-order chi connectivity index (χ1) is 9.65. The van der Waals surface area contributed by atoms with Gasteiger partial charge >= 0.3 is 0 Å². The molecule has 0 aliphatic carbocycles. The van der Waals surface area contributed by atoms with Crippen molar-refractivity contribution in [3.8, 4) is 0 Å². The minimum absolute atomic E-state index is 0.204. The van der Waals surface area contributed by atoms with Crippen molar-refractivity contribution in [2.24, 2.45) is 5.10 Å². The summed E-state index contributed by atoms with van der Waals surface area (Å²) in [6.07, 6.45) is 0.724. The van der Waals surface area contributed by atoms with Crippen LogP contribution < -0.4 is 5.43 Å². The van der Waals surface area contributed by atoms with E-state index < -0.39 is 0 Å². The zero-order valence-corrected chi connectivity index (χ0v) is 12.7. The molecule has 0 heterocycles. The molecule has 0 unspecified atom stereocenters. The van der Waals surface area contributed by atoms with Crippen LogP contribution in [0.4, 0.5) is 0 Å². The van der Waals surface area contributed by atoms with Gasteiger partial charge in [0.2, 0.25) is 0 Å². The van der Waals surface area contributed by atoms with Crippen molar-refractivity contribution in [2.75, 3.05) is 0 Å². The van der Waals surface area contributed by atoms with Gasteiger partial charge in [0.15, 0.2) is 0 Å². The highest BCUT2D eigenvalue weighted by atomic mass is 79.9. The van der Waals surface area contributed by atoms with Crippen LogP contribution in [-0.2, 0) is 6.42 Å². The largest absolute Gasteiger partial charge is 0.271 e. The maximum absolute atomic E-state index is 11.9. The molecule has 0 spiro atoms. The second-order valence-electron chi connectivity index (χ2n) is 4.46. The molecule has 3 nitrogen and oxygen atoms in total. The first-order valence-electron chi connectivity index (χ1n) is 6.28. The van der Waals surface area contributed by atoms with E-state index in [-0.39, 0.29) is 5.91 Å². The van der Waals surface area contributed by atoms with E-state index in [1.807, 2.05) is 49.4 Å². The predicted molar refractivity (Wildman–Crippen MR) is 84.9 cm³/mol. The Labute approximate surface area is 126 Å². The summed E-state index contributed by atoms with van der Waals surface area (Å²) >= 11 is 3.33. The van der Waals surface area contributed by atoms with Gasteiger partial charge in [-0.15, -0.1) is 0 Å². The lowest BCUT2D eigenvalue weighted by Gasteiger charge is -2.03. The van der Waals surface area contributed by atoms with Gasteiger partial charge in [0.25, 0.3) is 5.91 Å². The smallest absolute Gasteiger partial charge is 0.267 e. The molecule has 0 aliphatic heterocycles. The van der Waals surface area contributed by atoms with Crippen LogP contribution in [0.2, 0.25) is 0 Å². The van der Waals surface area contributed by atoms with Crippen molar-refractivity contribution in [1.82, 2.24) is 5.43 Å². The second-order valence-corrected chi connectivity index (χ2v) is 5.37. The summed E-state index contributed by atoms with van der Waals surface area (Å²) in [6.45, 7) is 1.90. The third kappa shape index (κ3) is 4.31. The van der Waals surface area contributed by atoms with Crippen molar-refractivity contribution in [3.05, 3.63) is 70.2 Å². The normalized spacial score (nSPS) is 11.2. The van der Waals surface area contributed by atoms with E-state index in [0.29, 0.717) is 5.56 Å². The number of amides is 1. The molecule has 0 fully saturated rings. The molecule has 1 amide bonds. The fraction of sp³-hybridized carbons (Fsp3) is 0.125. The van der Waals surface area contributed by atoms with Gasteiger partial charge in [-0.2, -0.15) is 5.10 Å². The molecular weight excluding hydrogens is 316 g/mol. The highest BCUT2D eigenvalue weighted by Gasteiger charge is 2.04. The van der Waals surface area contributed by atoms with Gasteiger partial charge in [-0.3, -0.25) is 4.79 Å². The molecule has 0 saturated heterocycles. The lowest BCUT2D eigenvalue weighted by molar-refractivity contribution is 0.0954. The van der Waals surface area contributed by atoms with Gasteiger partial charge in [-0.1, -0.05) is 46.3 Å². The van der Waals surface area contributed by atoms with Gasteiger partial charge < -0.3 is 0 Å². The van der Waals surface area contributed by atoms with Gasteiger partial charge in [0.05, 0.1) is 0 Å². The molecular formula is C16H15BrN2O. The SMILES string of the molecule is C/C(Cc1ccccc1)=N\NC(=O)c1ccc(Br)cc1. The molecule has 102 valence electrons. The standard InChI is InChI=1S/C16H15BrN2O/c1-12(11-13-5-3-2-4-6-13)18-19-16(20)14-7-9-15(17)10-8-14/h2-10H,11H2,1H3,(H,19,20)/b18-12+. The second kappa shape index (κ2) is 7.01. The molecule has 2 aromatic carbocycles. The summed E-state index contributed by atoms with van der Waals surface area (Å²) in [5.74, 6) is -0.204. The van der Waals surface area contributed by atoms with Crippen molar-refractivity contribution in [3.63, 3.8) is 0 Å². The monoisotopic (exact) mass is 330 g/mol. The van der Waals surface area contributed by atoms with E-state index >= 15 is 0 Å². The first-order valence-corrected chi connectivity index (χ1v) is 7.07. The molecule has 2 rings (SSSR count). The van der Waals surface area contributed by atoms with Crippen LogP contribution in [0.15, 0.2) is 64.2 Å². The fourth-order valence-electron chi connectivity index (χ4n) is 1.74. The molecule has 0 atom stereocenters. The maximum atomic E-state index is 11.9. The number of carbonyl (C=O) groups is 1. The average molecular weight is 331 g/mol. The summed E-state index contributed by atoms with van der Waals surface area (Å²) in [5.41, 5.74) is 5.20. The zero-order chi connectivity index (χ0) is 14.4. The Morgan fingerprint density at radius 2 is 1.75 bits per heavy atom. The Morgan fingerprint density at radius 1 is 1.10 bits per heavy atom. The molecule has 20 heavy (non-hydrogen) atoms. The Kier molecular flexibility index (Phi) is 5.07. The summed E-state index contributed by atoms with van der Waals surface area (Å²) in [7, 11) is 0. The molecule has 0 saturated carbocycles. The number of benzene rings is 2. The quantitative estimate of drug-likeness (QED) is 0.672. The van der Waals surface area contributed by atoms with E-state index in [4.69, 9.17) is 0 Å². The lowest BCUT2D eigenvalue weighted by Crippen LogP contribution is -2.19. The van der Waals surface area contributed by atoms with Crippen LogP contribution in [0, 0.1) is 0 Å². The Bertz CT molecular complexity index is 606.